The van der Waals surface area contributed by atoms with Crippen LogP contribution in [0.5, 0.6) is 0 Å². The fraction of sp³-hybridized carbons (Fsp3) is 0.182. The van der Waals surface area contributed by atoms with Crippen molar-refractivity contribution in [2.75, 3.05) is 11.8 Å². The second kappa shape index (κ2) is 5.47. The van der Waals surface area contributed by atoms with E-state index in [4.69, 9.17) is 0 Å². The van der Waals surface area contributed by atoms with Crippen molar-refractivity contribution in [3.05, 3.63) is 36.2 Å². The number of rotatable bonds is 5. The highest BCUT2D eigenvalue weighted by Gasteiger charge is 2.18. The Bertz CT molecular complexity index is 842. The third-order valence-corrected chi connectivity index (χ3v) is 5.56. The normalized spacial score (nSPS) is 12.3. The summed E-state index contributed by atoms with van der Waals surface area (Å²) in [5.74, 6) is 0. The molecule has 114 valence electrons. The molecule has 0 saturated carbocycles. The molecule has 0 atom stereocenters. The number of H-pyrrole nitrogens is 1. The van der Waals surface area contributed by atoms with Gasteiger partial charge < -0.3 is 0 Å². The number of hydrogen-bond donors (Lipinski definition) is 3. The van der Waals surface area contributed by atoms with Crippen molar-refractivity contribution in [3.63, 3.8) is 0 Å². The van der Waals surface area contributed by atoms with E-state index in [0.29, 0.717) is 5.56 Å². The van der Waals surface area contributed by atoms with E-state index >= 15 is 0 Å². The second-order valence-corrected chi connectivity index (χ2v) is 7.79. The molecule has 0 bridgehead atoms. The smallest absolute Gasteiger partial charge is 0.265 e. The summed E-state index contributed by atoms with van der Waals surface area (Å²) < 4.78 is 52.2. The fourth-order valence-electron chi connectivity index (χ4n) is 1.59. The van der Waals surface area contributed by atoms with Crippen molar-refractivity contribution in [3.8, 4) is 0 Å². The Morgan fingerprint density at radius 3 is 2.38 bits per heavy atom. The van der Waals surface area contributed by atoms with Gasteiger partial charge in [-0.25, -0.2) is 21.6 Å². The molecule has 3 N–H and O–H groups in total. The van der Waals surface area contributed by atoms with Gasteiger partial charge in [-0.2, -0.15) is 5.10 Å². The summed E-state index contributed by atoms with van der Waals surface area (Å²) in [5, 5.41) is 5.98. The maximum atomic E-state index is 12.1. The summed E-state index contributed by atoms with van der Waals surface area (Å²) >= 11 is 0. The van der Waals surface area contributed by atoms with E-state index in [0.717, 1.165) is 6.20 Å². The van der Waals surface area contributed by atoms with Crippen LogP contribution < -0.4 is 9.44 Å². The SMILES string of the molecule is CNS(=O)(=O)c1ccc(C)c(NS(=O)(=O)c2cn[nH]c2)c1. The lowest BCUT2D eigenvalue weighted by molar-refractivity contribution is 0.588. The fourth-order valence-corrected chi connectivity index (χ4v) is 3.37. The Labute approximate surface area is 122 Å². The molecule has 2 rings (SSSR count). The van der Waals surface area contributed by atoms with Gasteiger partial charge >= 0.3 is 0 Å². The molecule has 0 fully saturated rings. The molecule has 10 heteroatoms. The van der Waals surface area contributed by atoms with Crippen LogP contribution in [0.1, 0.15) is 5.56 Å². The van der Waals surface area contributed by atoms with Gasteiger partial charge in [-0.3, -0.25) is 9.82 Å². The number of aromatic amines is 1. The molecule has 0 aliphatic carbocycles. The standard InChI is InChI=1S/C11H14N4O4S2/c1-8-3-4-9(20(16,17)12-2)5-11(8)15-21(18,19)10-6-13-14-7-10/h3-7,12,15H,1-2H3,(H,13,14). The minimum Gasteiger partial charge on any atom is -0.284 e. The average Bonchev–Trinajstić information content (AvgIpc) is 2.95. The van der Waals surface area contributed by atoms with Gasteiger partial charge in [-0.05, 0) is 31.7 Å². The molecular weight excluding hydrogens is 316 g/mol. The van der Waals surface area contributed by atoms with E-state index in [1.165, 1.54) is 31.4 Å². The summed E-state index contributed by atoms with van der Waals surface area (Å²) in [6, 6.07) is 4.19. The van der Waals surface area contributed by atoms with Crippen LogP contribution in [0.2, 0.25) is 0 Å². The highest BCUT2D eigenvalue weighted by Crippen LogP contribution is 2.22. The van der Waals surface area contributed by atoms with E-state index in [-0.39, 0.29) is 15.5 Å². The number of sulfonamides is 2. The molecule has 21 heavy (non-hydrogen) atoms. The van der Waals surface area contributed by atoms with Crippen LogP contribution in [0.15, 0.2) is 40.4 Å². The van der Waals surface area contributed by atoms with Crippen LogP contribution in [-0.4, -0.2) is 34.1 Å². The first-order valence-electron chi connectivity index (χ1n) is 5.82. The van der Waals surface area contributed by atoms with Gasteiger partial charge in [0.2, 0.25) is 10.0 Å². The summed E-state index contributed by atoms with van der Waals surface area (Å²) in [6.07, 6.45) is 2.39. The first kappa shape index (κ1) is 15.5. The Kier molecular flexibility index (Phi) is 4.03. The predicted octanol–water partition coefficient (Wildman–Crippen LogP) is 0.427. The predicted molar refractivity (Wildman–Crippen MR) is 76.8 cm³/mol. The van der Waals surface area contributed by atoms with Gasteiger partial charge in [0.05, 0.1) is 16.8 Å². The summed E-state index contributed by atoms with van der Waals surface area (Å²) in [7, 11) is -6.19. The number of anilines is 1. The van der Waals surface area contributed by atoms with E-state index in [1.54, 1.807) is 6.92 Å². The maximum absolute atomic E-state index is 12.1. The van der Waals surface area contributed by atoms with Gasteiger partial charge in [-0.1, -0.05) is 6.07 Å². The molecule has 1 aromatic carbocycles. The number of hydrogen-bond acceptors (Lipinski definition) is 5. The lowest BCUT2D eigenvalue weighted by Gasteiger charge is -2.11. The number of benzene rings is 1. The lowest BCUT2D eigenvalue weighted by atomic mass is 10.2. The summed E-state index contributed by atoms with van der Waals surface area (Å²) in [6.45, 7) is 1.67. The molecule has 0 aliphatic rings. The molecule has 0 amide bonds. The van der Waals surface area contributed by atoms with Crippen molar-refractivity contribution >= 4 is 25.7 Å². The van der Waals surface area contributed by atoms with Gasteiger partial charge in [0.1, 0.15) is 4.90 Å². The van der Waals surface area contributed by atoms with Gasteiger partial charge in [0.25, 0.3) is 10.0 Å². The zero-order chi connectivity index (χ0) is 15.7. The van der Waals surface area contributed by atoms with Crippen molar-refractivity contribution in [1.82, 2.24) is 14.9 Å². The van der Waals surface area contributed by atoms with E-state index < -0.39 is 20.0 Å². The Morgan fingerprint density at radius 1 is 1.10 bits per heavy atom. The maximum Gasteiger partial charge on any atom is 0.265 e. The van der Waals surface area contributed by atoms with Crippen LogP contribution in [0, 0.1) is 6.92 Å². The third kappa shape index (κ3) is 3.23. The number of aromatic nitrogens is 2. The van der Waals surface area contributed by atoms with Gasteiger partial charge in [-0.15, -0.1) is 0 Å². The number of nitrogens with zero attached hydrogens (tertiary/aromatic N) is 1. The Morgan fingerprint density at radius 2 is 1.81 bits per heavy atom. The molecular formula is C11H14N4O4S2. The molecule has 1 heterocycles. The van der Waals surface area contributed by atoms with Crippen molar-refractivity contribution in [2.45, 2.75) is 16.7 Å². The molecule has 0 aliphatic heterocycles. The van der Waals surface area contributed by atoms with Crippen LogP contribution in [0.4, 0.5) is 5.69 Å². The second-order valence-electron chi connectivity index (χ2n) is 4.22. The average molecular weight is 330 g/mol. The van der Waals surface area contributed by atoms with E-state index in [2.05, 4.69) is 19.6 Å². The van der Waals surface area contributed by atoms with Crippen LogP contribution in [-0.2, 0) is 20.0 Å². The summed E-state index contributed by atoms with van der Waals surface area (Å²) in [4.78, 5) is -0.0655. The largest absolute Gasteiger partial charge is 0.284 e. The Balaban J connectivity index is 2.44. The highest BCUT2D eigenvalue weighted by atomic mass is 32.2. The molecule has 0 radical (unpaired) electrons. The quantitative estimate of drug-likeness (QED) is 0.734. The van der Waals surface area contributed by atoms with Gasteiger partial charge in [0.15, 0.2) is 0 Å². The van der Waals surface area contributed by atoms with E-state index in [9.17, 15) is 16.8 Å². The van der Waals surface area contributed by atoms with Crippen molar-refractivity contribution in [1.29, 1.82) is 0 Å². The molecule has 0 saturated heterocycles. The minimum atomic E-state index is -3.82. The molecule has 0 spiro atoms. The number of nitrogens with one attached hydrogen (secondary N) is 3. The van der Waals surface area contributed by atoms with Crippen LogP contribution in [0.3, 0.4) is 0 Å². The molecule has 1 aromatic heterocycles. The highest BCUT2D eigenvalue weighted by molar-refractivity contribution is 7.92. The van der Waals surface area contributed by atoms with E-state index in [1.807, 2.05) is 0 Å². The number of aryl methyl sites for hydroxylation is 1. The van der Waals surface area contributed by atoms with Crippen molar-refractivity contribution < 1.29 is 16.8 Å². The molecule has 8 nitrogen and oxygen atoms in total. The molecule has 0 unspecified atom stereocenters. The first-order valence-corrected chi connectivity index (χ1v) is 8.79. The van der Waals surface area contributed by atoms with Crippen LogP contribution in [0.25, 0.3) is 0 Å². The monoisotopic (exact) mass is 330 g/mol. The van der Waals surface area contributed by atoms with Gasteiger partial charge in [0, 0.05) is 6.20 Å². The zero-order valence-electron chi connectivity index (χ0n) is 11.3. The lowest BCUT2D eigenvalue weighted by Crippen LogP contribution is -2.19. The molecule has 2 aromatic rings. The summed E-state index contributed by atoms with van der Waals surface area (Å²) in [5.41, 5.74) is 0.782. The Hall–Kier alpha value is -1.91. The topological polar surface area (TPSA) is 121 Å². The zero-order valence-corrected chi connectivity index (χ0v) is 12.9. The third-order valence-electron chi connectivity index (χ3n) is 2.82. The van der Waals surface area contributed by atoms with Crippen LogP contribution >= 0.6 is 0 Å². The minimum absolute atomic E-state index is 0.0273. The van der Waals surface area contributed by atoms with Crippen molar-refractivity contribution in [2.24, 2.45) is 0 Å². The first-order chi connectivity index (χ1) is 9.76.